The molecule has 0 spiro atoms. The molecule has 1 aromatic heterocycles. The number of rotatable bonds is 2. The van der Waals surface area contributed by atoms with Gasteiger partial charge in [-0.2, -0.15) is 0 Å². The number of amides is 1. The van der Waals surface area contributed by atoms with E-state index < -0.39 is 5.91 Å². The number of carbonyl (C=O) groups is 1. The van der Waals surface area contributed by atoms with E-state index in [1.54, 1.807) is 29.8 Å². The fourth-order valence-electron chi connectivity index (χ4n) is 2.81. The third kappa shape index (κ3) is 2.82. The Morgan fingerprint density at radius 3 is 2.73 bits per heavy atom. The van der Waals surface area contributed by atoms with Gasteiger partial charge in [-0.1, -0.05) is 15.9 Å². The molecule has 1 N–H and O–H groups in total. The Labute approximate surface area is 157 Å². The quantitative estimate of drug-likeness (QED) is 0.630. The first-order valence-corrected chi connectivity index (χ1v) is 8.66. The van der Waals surface area contributed by atoms with Crippen molar-refractivity contribution in [3.05, 3.63) is 46.4 Å². The minimum Gasteiger partial charge on any atom is -0.493 e. The lowest BCUT2D eigenvalue weighted by Gasteiger charge is -2.18. The molecule has 2 aromatic carbocycles. The van der Waals surface area contributed by atoms with Crippen LogP contribution in [-0.2, 0) is 7.05 Å². The van der Waals surface area contributed by atoms with Gasteiger partial charge in [0.2, 0.25) is 5.88 Å². The van der Waals surface area contributed by atoms with Gasteiger partial charge >= 0.3 is 0 Å². The van der Waals surface area contributed by atoms with Gasteiger partial charge in [0.1, 0.15) is 13.2 Å². The van der Waals surface area contributed by atoms with Crippen LogP contribution in [0.3, 0.4) is 0 Å². The molecule has 0 radical (unpaired) electrons. The number of fused-ring (bicyclic) bond motifs is 2. The Morgan fingerprint density at radius 2 is 1.92 bits per heavy atom. The van der Waals surface area contributed by atoms with E-state index in [-0.39, 0.29) is 11.6 Å². The van der Waals surface area contributed by atoms with E-state index in [0.29, 0.717) is 35.7 Å². The lowest BCUT2D eigenvalue weighted by atomic mass is 10.2. The molecular weight excluding hydrogens is 402 g/mol. The summed E-state index contributed by atoms with van der Waals surface area (Å²) in [6.45, 7) is 0.917. The number of benzene rings is 2. The maximum Gasteiger partial charge on any atom is 0.295 e. The first-order valence-electron chi connectivity index (χ1n) is 7.87. The summed E-state index contributed by atoms with van der Waals surface area (Å²) in [7, 11) is 1.72. The number of hydrogen-bond acceptors (Lipinski definition) is 5. The van der Waals surface area contributed by atoms with Crippen molar-refractivity contribution in [2.75, 3.05) is 13.2 Å². The molecule has 0 saturated carbocycles. The topological polar surface area (TPSA) is 85.4 Å². The fraction of sp³-hybridized carbons (Fsp3) is 0.167. The summed E-state index contributed by atoms with van der Waals surface area (Å²) in [5, 5.41) is 18.8. The molecule has 0 atom stereocenters. The van der Waals surface area contributed by atoms with Crippen molar-refractivity contribution < 1.29 is 19.4 Å². The van der Waals surface area contributed by atoms with Crippen molar-refractivity contribution in [3.63, 3.8) is 0 Å². The zero-order valence-electron chi connectivity index (χ0n) is 13.8. The number of nitrogens with zero attached hydrogens (tertiary/aromatic N) is 3. The van der Waals surface area contributed by atoms with Crippen molar-refractivity contribution in [1.29, 1.82) is 0 Å². The van der Waals surface area contributed by atoms with Crippen molar-refractivity contribution in [2.45, 2.75) is 0 Å². The molecule has 1 aliphatic heterocycles. The number of carbonyl (C=O) groups excluding carboxylic acids is 1. The molecule has 2 heterocycles. The van der Waals surface area contributed by atoms with E-state index in [1.165, 1.54) is 0 Å². The van der Waals surface area contributed by atoms with Crippen LogP contribution in [-0.4, -0.2) is 28.8 Å². The number of azo groups is 1. The second-order valence-corrected chi connectivity index (χ2v) is 6.67. The third-order valence-electron chi connectivity index (χ3n) is 4.13. The van der Waals surface area contributed by atoms with Crippen LogP contribution in [0.4, 0.5) is 5.69 Å². The molecule has 0 fully saturated rings. The molecule has 0 saturated heterocycles. The zero-order valence-corrected chi connectivity index (χ0v) is 15.4. The Balaban J connectivity index is 1.68. The lowest BCUT2D eigenvalue weighted by molar-refractivity contribution is 0.0993. The highest BCUT2D eigenvalue weighted by Gasteiger charge is 2.17. The summed E-state index contributed by atoms with van der Waals surface area (Å²) in [5.41, 5.74) is 1.36. The monoisotopic (exact) mass is 415 g/mol. The molecule has 4 rings (SSSR count). The molecule has 0 aliphatic carbocycles. The van der Waals surface area contributed by atoms with Gasteiger partial charge < -0.3 is 19.1 Å². The fourth-order valence-corrected chi connectivity index (χ4v) is 3.17. The van der Waals surface area contributed by atoms with E-state index in [0.717, 1.165) is 9.99 Å². The van der Waals surface area contributed by atoms with E-state index in [2.05, 4.69) is 26.2 Å². The van der Waals surface area contributed by atoms with E-state index in [1.807, 2.05) is 18.2 Å². The largest absolute Gasteiger partial charge is 0.493 e. The molecule has 1 aliphatic rings. The smallest absolute Gasteiger partial charge is 0.295 e. The van der Waals surface area contributed by atoms with Crippen molar-refractivity contribution >= 4 is 38.4 Å². The van der Waals surface area contributed by atoms with Gasteiger partial charge in [0.05, 0.1) is 5.52 Å². The average Bonchev–Trinajstić information content (AvgIpc) is 2.89. The molecular formula is C18H14BrN3O4. The highest BCUT2D eigenvalue weighted by molar-refractivity contribution is 9.10. The number of aromatic nitrogens is 1. The molecule has 3 aromatic rings. The van der Waals surface area contributed by atoms with Gasteiger partial charge in [-0.05, 0) is 36.4 Å². The molecule has 132 valence electrons. The van der Waals surface area contributed by atoms with E-state index in [9.17, 15) is 9.90 Å². The van der Waals surface area contributed by atoms with Crippen LogP contribution in [0.25, 0.3) is 10.9 Å². The van der Waals surface area contributed by atoms with Crippen molar-refractivity contribution in [2.24, 2.45) is 17.3 Å². The van der Waals surface area contributed by atoms with Gasteiger partial charge in [0, 0.05) is 22.5 Å². The number of halogens is 1. The normalized spacial score (nSPS) is 13.5. The van der Waals surface area contributed by atoms with Gasteiger partial charge in [0.25, 0.3) is 5.91 Å². The average molecular weight is 416 g/mol. The predicted octanol–water partition coefficient (Wildman–Crippen LogP) is 4.34. The summed E-state index contributed by atoms with van der Waals surface area (Å²) < 4.78 is 13.3. The van der Waals surface area contributed by atoms with Crippen molar-refractivity contribution in [1.82, 2.24) is 4.57 Å². The number of aromatic hydroxyl groups is 1. The zero-order chi connectivity index (χ0) is 18.3. The molecule has 8 heteroatoms. The van der Waals surface area contributed by atoms with Gasteiger partial charge in [-0.3, -0.25) is 4.79 Å². The Hall–Kier alpha value is -2.87. The SMILES string of the molecule is Cn1c(O)c(N=NC(=O)c2ccc3c(c2)OCCO3)c2cc(Br)ccc21. The first-order chi connectivity index (χ1) is 12.5. The van der Waals surface area contributed by atoms with Crippen LogP contribution in [0.1, 0.15) is 10.4 Å². The van der Waals surface area contributed by atoms with Gasteiger partial charge in [-0.25, -0.2) is 0 Å². The van der Waals surface area contributed by atoms with Crippen LogP contribution in [0.15, 0.2) is 51.1 Å². The molecule has 26 heavy (non-hydrogen) atoms. The summed E-state index contributed by atoms with van der Waals surface area (Å²) in [6.07, 6.45) is 0. The van der Waals surface area contributed by atoms with E-state index in [4.69, 9.17) is 9.47 Å². The number of ether oxygens (including phenoxy) is 2. The van der Waals surface area contributed by atoms with Gasteiger partial charge in [0.15, 0.2) is 17.2 Å². The van der Waals surface area contributed by atoms with Crippen LogP contribution in [0.2, 0.25) is 0 Å². The first kappa shape index (κ1) is 16.6. The highest BCUT2D eigenvalue weighted by Crippen LogP contribution is 2.39. The van der Waals surface area contributed by atoms with Crippen molar-refractivity contribution in [3.8, 4) is 17.4 Å². The molecule has 0 bridgehead atoms. The minimum atomic E-state index is -0.534. The molecule has 0 unspecified atom stereocenters. The highest BCUT2D eigenvalue weighted by atomic mass is 79.9. The molecule has 1 amide bonds. The van der Waals surface area contributed by atoms with Crippen LogP contribution in [0.5, 0.6) is 17.4 Å². The second kappa shape index (κ2) is 6.45. The summed E-state index contributed by atoms with van der Waals surface area (Å²) in [4.78, 5) is 12.4. The third-order valence-corrected chi connectivity index (χ3v) is 4.63. The number of hydrogen-bond donors (Lipinski definition) is 1. The summed E-state index contributed by atoms with van der Waals surface area (Å²) >= 11 is 3.40. The van der Waals surface area contributed by atoms with Crippen LogP contribution >= 0.6 is 15.9 Å². The van der Waals surface area contributed by atoms with Crippen LogP contribution < -0.4 is 9.47 Å². The summed E-state index contributed by atoms with van der Waals surface area (Å²) in [5.74, 6) is 0.515. The standard InChI is InChI=1S/C18H14BrN3O4/c1-22-13-4-3-11(19)9-12(13)16(18(22)24)20-21-17(23)10-2-5-14-15(8-10)26-7-6-25-14/h2-5,8-9,24H,6-7H2,1H3. The van der Waals surface area contributed by atoms with E-state index >= 15 is 0 Å². The number of aryl methyl sites for hydroxylation is 1. The van der Waals surface area contributed by atoms with Crippen LogP contribution in [0, 0.1) is 0 Å². The van der Waals surface area contributed by atoms with Gasteiger partial charge in [-0.15, -0.1) is 10.2 Å². The minimum absolute atomic E-state index is 0.0585. The molecule has 7 nitrogen and oxygen atoms in total. The summed E-state index contributed by atoms with van der Waals surface area (Å²) in [6, 6.07) is 10.4. The Morgan fingerprint density at radius 1 is 1.15 bits per heavy atom. The Bertz CT molecular complexity index is 1060. The predicted molar refractivity (Wildman–Crippen MR) is 98.6 cm³/mol. The maximum absolute atomic E-state index is 12.4. The second-order valence-electron chi connectivity index (χ2n) is 5.76. The lowest BCUT2D eigenvalue weighted by Crippen LogP contribution is -2.15. The maximum atomic E-state index is 12.4. The Kier molecular flexibility index (Phi) is 4.12.